The van der Waals surface area contributed by atoms with Gasteiger partial charge >= 0.3 is 0 Å². The van der Waals surface area contributed by atoms with Crippen LogP contribution >= 0.6 is 0 Å². The van der Waals surface area contributed by atoms with E-state index in [2.05, 4.69) is 0 Å². The zero-order chi connectivity index (χ0) is 14.3. The summed E-state index contributed by atoms with van der Waals surface area (Å²) in [5.41, 5.74) is 0.829. The molecule has 0 fully saturated rings. The Morgan fingerprint density at radius 1 is 1.16 bits per heavy atom. The molecular formula is C15H19NO3. The highest BCUT2D eigenvalue weighted by Crippen LogP contribution is 2.25. The van der Waals surface area contributed by atoms with Crippen molar-refractivity contribution in [1.82, 2.24) is 4.90 Å². The molecule has 0 aliphatic rings. The number of rotatable bonds is 6. The van der Waals surface area contributed by atoms with E-state index < -0.39 is 0 Å². The summed E-state index contributed by atoms with van der Waals surface area (Å²) < 4.78 is 10.4. The van der Waals surface area contributed by atoms with Gasteiger partial charge in [-0.05, 0) is 24.3 Å². The van der Waals surface area contributed by atoms with Gasteiger partial charge in [0.15, 0.2) is 5.78 Å². The molecule has 0 spiro atoms. The molecule has 0 radical (unpaired) electrons. The van der Waals surface area contributed by atoms with Gasteiger partial charge < -0.3 is 14.4 Å². The average molecular weight is 261 g/mol. The lowest BCUT2D eigenvalue weighted by Gasteiger charge is -2.07. The van der Waals surface area contributed by atoms with E-state index in [-0.39, 0.29) is 5.78 Å². The van der Waals surface area contributed by atoms with Crippen molar-refractivity contribution < 1.29 is 14.3 Å². The van der Waals surface area contributed by atoms with E-state index in [1.165, 1.54) is 12.2 Å². The van der Waals surface area contributed by atoms with Crippen molar-refractivity contribution in [2.45, 2.75) is 0 Å². The fourth-order valence-corrected chi connectivity index (χ4v) is 1.41. The van der Waals surface area contributed by atoms with Crippen LogP contribution in [0.1, 0.15) is 5.56 Å². The molecule has 1 rings (SSSR count). The molecule has 0 heterocycles. The smallest absolute Gasteiger partial charge is 0.180 e. The molecule has 0 bridgehead atoms. The molecule has 1 aromatic rings. The van der Waals surface area contributed by atoms with Crippen molar-refractivity contribution in [2.24, 2.45) is 0 Å². The van der Waals surface area contributed by atoms with Crippen LogP contribution in [0, 0.1) is 0 Å². The molecule has 0 unspecified atom stereocenters. The Kier molecular flexibility index (Phi) is 5.67. The van der Waals surface area contributed by atoms with E-state index in [4.69, 9.17) is 9.47 Å². The Hall–Kier alpha value is -2.23. The zero-order valence-corrected chi connectivity index (χ0v) is 11.7. The minimum atomic E-state index is -0.0772. The van der Waals surface area contributed by atoms with E-state index in [0.29, 0.717) is 11.5 Å². The van der Waals surface area contributed by atoms with E-state index in [9.17, 15) is 4.79 Å². The molecule has 0 N–H and O–H groups in total. The Balaban J connectivity index is 2.84. The number of allylic oxidation sites excluding steroid dienone is 2. The number of hydrogen-bond donors (Lipinski definition) is 0. The lowest BCUT2D eigenvalue weighted by Crippen LogP contribution is -2.01. The summed E-state index contributed by atoms with van der Waals surface area (Å²) in [5.74, 6) is 1.30. The van der Waals surface area contributed by atoms with Gasteiger partial charge in [0.1, 0.15) is 11.5 Å². The molecule has 0 saturated heterocycles. The van der Waals surface area contributed by atoms with Crippen LogP contribution in [0.4, 0.5) is 0 Å². The fraction of sp³-hybridized carbons (Fsp3) is 0.267. The average Bonchev–Trinajstić information content (AvgIpc) is 2.42. The third-order valence-corrected chi connectivity index (χ3v) is 2.40. The van der Waals surface area contributed by atoms with E-state index in [1.54, 1.807) is 37.5 Å². The Labute approximate surface area is 113 Å². The number of carbonyl (C=O) groups is 1. The molecule has 0 saturated carbocycles. The van der Waals surface area contributed by atoms with Gasteiger partial charge in [-0.15, -0.1) is 0 Å². The maximum absolute atomic E-state index is 11.6. The molecule has 0 aliphatic heterocycles. The molecule has 0 aromatic heterocycles. The van der Waals surface area contributed by atoms with Crippen molar-refractivity contribution in [1.29, 1.82) is 0 Å². The SMILES string of the molecule is COc1ccc(C=CC(=O)C=CN(C)C)c(OC)c1. The second-order valence-electron chi connectivity index (χ2n) is 4.12. The predicted molar refractivity (Wildman–Crippen MR) is 76.4 cm³/mol. The fourth-order valence-electron chi connectivity index (χ4n) is 1.41. The van der Waals surface area contributed by atoms with Gasteiger partial charge in [0.2, 0.25) is 0 Å². The van der Waals surface area contributed by atoms with Gasteiger partial charge in [0, 0.05) is 38.0 Å². The number of ketones is 1. The highest BCUT2D eigenvalue weighted by molar-refractivity contribution is 6.02. The second kappa shape index (κ2) is 7.26. The lowest BCUT2D eigenvalue weighted by molar-refractivity contribution is -0.110. The largest absolute Gasteiger partial charge is 0.497 e. The highest BCUT2D eigenvalue weighted by atomic mass is 16.5. The summed E-state index contributed by atoms with van der Waals surface area (Å²) in [6.45, 7) is 0. The molecule has 0 amide bonds. The standard InChI is InChI=1S/C15H19NO3/c1-16(2)10-9-13(17)7-5-12-6-8-14(18-3)11-15(12)19-4/h5-11H,1-4H3. The maximum Gasteiger partial charge on any atom is 0.180 e. The molecule has 0 aliphatic carbocycles. The number of ether oxygens (including phenoxy) is 2. The minimum Gasteiger partial charge on any atom is -0.497 e. The lowest BCUT2D eigenvalue weighted by atomic mass is 10.1. The third kappa shape index (κ3) is 4.87. The van der Waals surface area contributed by atoms with E-state index in [0.717, 1.165) is 5.56 Å². The molecule has 4 nitrogen and oxygen atoms in total. The van der Waals surface area contributed by atoms with Crippen LogP contribution in [-0.4, -0.2) is 39.0 Å². The molecule has 1 aromatic carbocycles. The number of methoxy groups -OCH3 is 2. The Morgan fingerprint density at radius 2 is 1.89 bits per heavy atom. The summed E-state index contributed by atoms with van der Waals surface area (Å²) in [6.07, 6.45) is 6.44. The number of benzene rings is 1. The summed E-state index contributed by atoms with van der Waals surface area (Å²) in [7, 11) is 6.90. The van der Waals surface area contributed by atoms with Crippen molar-refractivity contribution in [3.05, 3.63) is 42.1 Å². The van der Waals surface area contributed by atoms with Crippen LogP contribution in [0.3, 0.4) is 0 Å². The first-order chi connectivity index (χ1) is 9.06. The molecule has 4 heteroatoms. The van der Waals surface area contributed by atoms with Gasteiger partial charge in [-0.25, -0.2) is 0 Å². The van der Waals surface area contributed by atoms with Gasteiger partial charge in [-0.1, -0.05) is 0 Å². The van der Waals surface area contributed by atoms with Crippen LogP contribution in [0.5, 0.6) is 11.5 Å². The first-order valence-electron chi connectivity index (χ1n) is 5.85. The van der Waals surface area contributed by atoms with Crippen molar-refractivity contribution >= 4 is 11.9 Å². The first-order valence-corrected chi connectivity index (χ1v) is 5.85. The topological polar surface area (TPSA) is 38.8 Å². The van der Waals surface area contributed by atoms with Gasteiger partial charge in [-0.3, -0.25) is 4.79 Å². The Morgan fingerprint density at radius 3 is 2.47 bits per heavy atom. The van der Waals surface area contributed by atoms with Crippen molar-refractivity contribution in [3.8, 4) is 11.5 Å². The molecule has 102 valence electrons. The third-order valence-electron chi connectivity index (χ3n) is 2.40. The van der Waals surface area contributed by atoms with Crippen LogP contribution < -0.4 is 9.47 Å². The zero-order valence-electron chi connectivity index (χ0n) is 11.7. The van der Waals surface area contributed by atoms with Crippen LogP contribution in [0.25, 0.3) is 6.08 Å². The molecular weight excluding hydrogens is 242 g/mol. The Bertz CT molecular complexity index is 490. The number of carbonyl (C=O) groups excluding carboxylic acids is 1. The molecule has 19 heavy (non-hydrogen) atoms. The second-order valence-corrected chi connectivity index (χ2v) is 4.12. The van der Waals surface area contributed by atoms with E-state index in [1.807, 2.05) is 26.2 Å². The van der Waals surface area contributed by atoms with Crippen LogP contribution in [-0.2, 0) is 4.79 Å². The molecule has 0 atom stereocenters. The minimum absolute atomic E-state index is 0.0772. The monoisotopic (exact) mass is 261 g/mol. The normalized spacial score (nSPS) is 10.9. The number of nitrogens with zero attached hydrogens (tertiary/aromatic N) is 1. The summed E-state index contributed by atoms with van der Waals surface area (Å²) >= 11 is 0. The summed E-state index contributed by atoms with van der Waals surface area (Å²) in [4.78, 5) is 13.4. The van der Waals surface area contributed by atoms with Crippen molar-refractivity contribution in [2.75, 3.05) is 28.3 Å². The summed E-state index contributed by atoms with van der Waals surface area (Å²) in [6, 6.07) is 5.44. The van der Waals surface area contributed by atoms with E-state index >= 15 is 0 Å². The van der Waals surface area contributed by atoms with Gasteiger partial charge in [0.05, 0.1) is 14.2 Å². The highest BCUT2D eigenvalue weighted by Gasteiger charge is 2.02. The number of hydrogen-bond acceptors (Lipinski definition) is 4. The van der Waals surface area contributed by atoms with Crippen LogP contribution in [0.2, 0.25) is 0 Å². The maximum atomic E-state index is 11.6. The first kappa shape index (κ1) is 14.8. The summed E-state index contributed by atoms with van der Waals surface area (Å²) in [5, 5.41) is 0. The van der Waals surface area contributed by atoms with Crippen LogP contribution in [0.15, 0.2) is 36.6 Å². The predicted octanol–water partition coefficient (Wildman–Crippen LogP) is 2.36. The van der Waals surface area contributed by atoms with Gasteiger partial charge in [0.25, 0.3) is 0 Å². The van der Waals surface area contributed by atoms with Crippen molar-refractivity contribution in [3.63, 3.8) is 0 Å². The van der Waals surface area contributed by atoms with Gasteiger partial charge in [-0.2, -0.15) is 0 Å². The quantitative estimate of drug-likeness (QED) is 0.737.